The Labute approximate surface area is 86.4 Å². The van der Waals surface area contributed by atoms with Gasteiger partial charge >= 0.3 is 0 Å². The fourth-order valence-electron chi connectivity index (χ4n) is 1.89. The molecule has 0 aliphatic carbocycles. The molecule has 1 aliphatic rings. The number of rotatable bonds is 3. The summed E-state index contributed by atoms with van der Waals surface area (Å²) in [4.78, 5) is 13.7. The summed E-state index contributed by atoms with van der Waals surface area (Å²) >= 11 is 0. The van der Waals surface area contributed by atoms with Gasteiger partial charge in [0.2, 0.25) is 0 Å². The standard InChI is InChI=1S/C11H21NO2/c1-8(2)10-5-6-12(7-10)11(13)9(3)14-4/h8-10H,5-7H2,1-4H3/t9-,10-/m1/s1. The number of likely N-dealkylation sites (tertiary alicyclic amines) is 1. The molecule has 0 bridgehead atoms. The smallest absolute Gasteiger partial charge is 0.251 e. The predicted molar refractivity (Wildman–Crippen MR) is 56.0 cm³/mol. The number of ether oxygens (including phenoxy) is 1. The average molecular weight is 199 g/mol. The van der Waals surface area contributed by atoms with E-state index in [0.29, 0.717) is 11.8 Å². The van der Waals surface area contributed by atoms with E-state index in [1.165, 1.54) is 0 Å². The Morgan fingerprint density at radius 1 is 1.43 bits per heavy atom. The maximum absolute atomic E-state index is 11.7. The van der Waals surface area contributed by atoms with Crippen molar-refractivity contribution in [3.8, 4) is 0 Å². The van der Waals surface area contributed by atoms with Crippen LogP contribution >= 0.6 is 0 Å². The van der Waals surface area contributed by atoms with Crippen LogP contribution in [-0.2, 0) is 9.53 Å². The number of nitrogens with zero attached hydrogens (tertiary/aromatic N) is 1. The van der Waals surface area contributed by atoms with Crippen molar-refractivity contribution >= 4 is 5.91 Å². The van der Waals surface area contributed by atoms with Crippen molar-refractivity contribution < 1.29 is 9.53 Å². The summed E-state index contributed by atoms with van der Waals surface area (Å²) in [5, 5.41) is 0. The van der Waals surface area contributed by atoms with Crippen LogP contribution in [0.3, 0.4) is 0 Å². The molecule has 0 aromatic carbocycles. The van der Waals surface area contributed by atoms with Gasteiger partial charge < -0.3 is 9.64 Å². The van der Waals surface area contributed by atoms with Gasteiger partial charge in [0.25, 0.3) is 5.91 Å². The van der Waals surface area contributed by atoms with Gasteiger partial charge in [-0.25, -0.2) is 0 Å². The molecule has 0 unspecified atom stereocenters. The van der Waals surface area contributed by atoms with Gasteiger partial charge in [0.1, 0.15) is 6.10 Å². The number of hydrogen-bond donors (Lipinski definition) is 0. The number of amides is 1. The summed E-state index contributed by atoms with van der Waals surface area (Å²) in [5.41, 5.74) is 0. The second kappa shape index (κ2) is 4.78. The quantitative estimate of drug-likeness (QED) is 0.690. The van der Waals surface area contributed by atoms with E-state index in [0.717, 1.165) is 19.5 Å². The van der Waals surface area contributed by atoms with Gasteiger partial charge in [-0.15, -0.1) is 0 Å². The molecule has 1 aliphatic heterocycles. The Morgan fingerprint density at radius 2 is 2.07 bits per heavy atom. The minimum atomic E-state index is -0.291. The molecule has 2 atom stereocenters. The second-order valence-corrected chi connectivity index (χ2v) is 4.45. The zero-order chi connectivity index (χ0) is 10.7. The van der Waals surface area contributed by atoms with Crippen LogP contribution in [0.5, 0.6) is 0 Å². The zero-order valence-electron chi connectivity index (χ0n) is 9.62. The molecule has 0 spiro atoms. The van der Waals surface area contributed by atoms with Gasteiger partial charge in [-0.3, -0.25) is 4.79 Å². The molecule has 3 heteroatoms. The molecule has 1 rings (SSSR count). The van der Waals surface area contributed by atoms with Crippen LogP contribution in [0.15, 0.2) is 0 Å². The van der Waals surface area contributed by atoms with E-state index < -0.39 is 0 Å². The molecular formula is C11H21NO2. The van der Waals surface area contributed by atoms with Crippen molar-refractivity contribution in [1.82, 2.24) is 4.90 Å². The lowest BCUT2D eigenvalue weighted by atomic mass is 9.95. The summed E-state index contributed by atoms with van der Waals surface area (Å²) in [6, 6.07) is 0. The van der Waals surface area contributed by atoms with Gasteiger partial charge in [-0.05, 0) is 25.2 Å². The van der Waals surface area contributed by atoms with Gasteiger partial charge in [-0.1, -0.05) is 13.8 Å². The maximum Gasteiger partial charge on any atom is 0.251 e. The predicted octanol–water partition coefficient (Wildman–Crippen LogP) is 1.53. The lowest BCUT2D eigenvalue weighted by Crippen LogP contribution is -2.37. The van der Waals surface area contributed by atoms with Crippen molar-refractivity contribution in [3.05, 3.63) is 0 Å². The van der Waals surface area contributed by atoms with Crippen LogP contribution in [0.2, 0.25) is 0 Å². The van der Waals surface area contributed by atoms with Crippen LogP contribution in [0.1, 0.15) is 27.2 Å². The normalized spacial score (nSPS) is 24.4. The third kappa shape index (κ3) is 2.47. The molecule has 1 fully saturated rings. The third-order valence-electron chi connectivity index (χ3n) is 3.18. The second-order valence-electron chi connectivity index (χ2n) is 4.45. The average Bonchev–Trinajstić information content (AvgIpc) is 2.64. The molecule has 1 saturated heterocycles. The van der Waals surface area contributed by atoms with E-state index in [1.807, 2.05) is 11.8 Å². The molecule has 0 aromatic heterocycles. The van der Waals surface area contributed by atoms with Gasteiger partial charge in [0.05, 0.1) is 0 Å². The van der Waals surface area contributed by atoms with Crippen molar-refractivity contribution in [3.63, 3.8) is 0 Å². The molecule has 0 aromatic rings. The molecule has 82 valence electrons. The molecule has 14 heavy (non-hydrogen) atoms. The van der Waals surface area contributed by atoms with Crippen LogP contribution < -0.4 is 0 Å². The topological polar surface area (TPSA) is 29.5 Å². The number of carbonyl (C=O) groups is 1. The van der Waals surface area contributed by atoms with E-state index in [4.69, 9.17) is 4.74 Å². The highest BCUT2D eigenvalue weighted by atomic mass is 16.5. The number of hydrogen-bond acceptors (Lipinski definition) is 2. The van der Waals surface area contributed by atoms with Crippen LogP contribution in [-0.4, -0.2) is 37.1 Å². The van der Waals surface area contributed by atoms with E-state index in [2.05, 4.69) is 13.8 Å². The molecule has 0 N–H and O–H groups in total. The zero-order valence-corrected chi connectivity index (χ0v) is 9.62. The minimum Gasteiger partial charge on any atom is -0.372 e. The highest BCUT2D eigenvalue weighted by Gasteiger charge is 2.30. The van der Waals surface area contributed by atoms with Gasteiger partial charge in [0, 0.05) is 20.2 Å². The Balaban J connectivity index is 2.45. The Kier molecular flexibility index (Phi) is 3.93. The highest BCUT2D eigenvalue weighted by Crippen LogP contribution is 2.24. The first-order valence-corrected chi connectivity index (χ1v) is 5.37. The SMILES string of the molecule is CO[C@H](C)C(=O)N1CC[C@@H](C(C)C)C1. The van der Waals surface area contributed by atoms with E-state index in [-0.39, 0.29) is 12.0 Å². The van der Waals surface area contributed by atoms with Gasteiger partial charge in [-0.2, -0.15) is 0 Å². The first-order chi connectivity index (χ1) is 6.56. The molecule has 3 nitrogen and oxygen atoms in total. The Bertz CT molecular complexity index is 203. The van der Waals surface area contributed by atoms with Crippen molar-refractivity contribution in [2.45, 2.75) is 33.3 Å². The Morgan fingerprint density at radius 3 is 2.50 bits per heavy atom. The first-order valence-electron chi connectivity index (χ1n) is 5.37. The molecule has 1 amide bonds. The van der Waals surface area contributed by atoms with Crippen LogP contribution in [0.4, 0.5) is 0 Å². The lowest BCUT2D eigenvalue weighted by Gasteiger charge is -2.20. The van der Waals surface area contributed by atoms with Crippen molar-refractivity contribution in [2.75, 3.05) is 20.2 Å². The van der Waals surface area contributed by atoms with Gasteiger partial charge in [0.15, 0.2) is 0 Å². The molecule has 1 heterocycles. The largest absolute Gasteiger partial charge is 0.372 e. The number of carbonyl (C=O) groups excluding carboxylic acids is 1. The third-order valence-corrected chi connectivity index (χ3v) is 3.18. The fraction of sp³-hybridized carbons (Fsp3) is 0.909. The Hall–Kier alpha value is -0.570. The summed E-state index contributed by atoms with van der Waals surface area (Å²) in [5.74, 6) is 1.48. The van der Waals surface area contributed by atoms with Crippen LogP contribution in [0, 0.1) is 11.8 Å². The molecule has 0 radical (unpaired) electrons. The van der Waals surface area contributed by atoms with E-state index in [9.17, 15) is 4.79 Å². The van der Waals surface area contributed by atoms with Crippen LogP contribution in [0.25, 0.3) is 0 Å². The highest BCUT2D eigenvalue weighted by molar-refractivity contribution is 5.80. The molecule has 0 saturated carbocycles. The minimum absolute atomic E-state index is 0.135. The first kappa shape index (κ1) is 11.5. The summed E-state index contributed by atoms with van der Waals surface area (Å²) < 4.78 is 5.03. The summed E-state index contributed by atoms with van der Waals surface area (Å²) in [6.07, 6.45) is 0.848. The fourth-order valence-corrected chi connectivity index (χ4v) is 1.89. The summed E-state index contributed by atoms with van der Waals surface area (Å²) in [6.45, 7) is 8.06. The molecular weight excluding hydrogens is 178 g/mol. The monoisotopic (exact) mass is 199 g/mol. The summed E-state index contributed by atoms with van der Waals surface area (Å²) in [7, 11) is 1.58. The lowest BCUT2D eigenvalue weighted by molar-refractivity contribution is -0.140. The van der Waals surface area contributed by atoms with E-state index in [1.54, 1.807) is 7.11 Å². The maximum atomic E-state index is 11.7. The number of methoxy groups -OCH3 is 1. The van der Waals surface area contributed by atoms with Crippen molar-refractivity contribution in [1.29, 1.82) is 0 Å². The van der Waals surface area contributed by atoms with Crippen molar-refractivity contribution in [2.24, 2.45) is 11.8 Å². The van der Waals surface area contributed by atoms with E-state index >= 15 is 0 Å².